The molecule has 0 saturated heterocycles. The van der Waals surface area contributed by atoms with E-state index in [1.165, 1.54) is 4.31 Å². The lowest BCUT2D eigenvalue weighted by Crippen LogP contribution is -2.50. The number of carbonyl (C=O) groups excluding carboxylic acids is 1. The Morgan fingerprint density at radius 3 is 2.10 bits per heavy atom. The van der Waals surface area contributed by atoms with Gasteiger partial charge in [-0.25, -0.2) is 8.42 Å². The van der Waals surface area contributed by atoms with Gasteiger partial charge in [0.2, 0.25) is 15.9 Å². The van der Waals surface area contributed by atoms with Crippen molar-refractivity contribution in [1.29, 1.82) is 0 Å². The number of aryl methyl sites for hydroxylation is 1. The van der Waals surface area contributed by atoms with E-state index in [9.17, 15) is 13.2 Å². The highest BCUT2D eigenvalue weighted by Gasteiger charge is 2.32. The van der Waals surface area contributed by atoms with Gasteiger partial charge in [0, 0.05) is 0 Å². The summed E-state index contributed by atoms with van der Waals surface area (Å²) in [7, 11) is -3.64. The van der Waals surface area contributed by atoms with Crippen LogP contribution in [0.25, 0.3) is 0 Å². The number of benzene rings is 2. The molecule has 0 radical (unpaired) electrons. The molecule has 0 aliphatic heterocycles. The minimum Gasteiger partial charge on any atom is -0.347 e. The van der Waals surface area contributed by atoms with Gasteiger partial charge in [0.05, 0.1) is 18.0 Å². The largest absolute Gasteiger partial charge is 0.347 e. The van der Waals surface area contributed by atoms with E-state index < -0.39 is 16.1 Å². The standard InChI is InChI=1S/C23H32N2O3S/c1-6-22(25(29(5,27)28)20-14-12-18(4)13-15-20)23(26)24-21(16-17(2)3)19-10-8-7-9-11-19/h7-15,17,21-22H,6,16H2,1-5H3,(H,24,26)/t21-,22-/m0/s1. The maximum absolute atomic E-state index is 13.3. The van der Waals surface area contributed by atoms with Crippen LogP contribution in [0.4, 0.5) is 5.69 Å². The smallest absolute Gasteiger partial charge is 0.244 e. The fourth-order valence-electron chi connectivity index (χ4n) is 3.45. The number of amides is 1. The summed E-state index contributed by atoms with van der Waals surface area (Å²) in [6, 6.07) is 16.0. The van der Waals surface area contributed by atoms with Gasteiger partial charge >= 0.3 is 0 Å². The maximum Gasteiger partial charge on any atom is 0.244 e. The Balaban J connectivity index is 2.35. The summed E-state index contributed by atoms with van der Waals surface area (Å²) in [4.78, 5) is 13.3. The van der Waals surface area contributed by atoms with Gasteiger partial charge < -0.3 is 5.32 Å². The molecule has 0 fully saturated rings. The predicted octanol–water partition coefficient (Wildman–Crippen LogP) is 4.44. The maximum atomic E-state index is 13.3. The van der Waals surface area contributed by atoms with Crippen molar-refractivity contribution in [2.45, 2.75) is 52.6 Å². The molecule has 1 amide bonds. The first-order valence-corrected chi connectivity index (χ1v) is 11.9. The number of anilines is 1. The van der Waals surface area contributed by atoms with Crippen LogP contribution in [0, 0.1) is 12.8 Å². The molecule has 0 saturated carbocycles. The van der Waals surface area contributed by atoms with E-state index in [0.29, 0.717) is 18.0 Å². The number of nitrogens with one attached hydrogen (secondary N) is 1. The van der Waals surface area contributed by atoms with E-state index in [-0.39, 0.29) is 11.9 Å². The topological polar surface area (TPSA) is 66.5 Å². The lowest BCUT2D eigenvalue weighted by atomic mass is 9.96. The Morgan fingerprint density at radius 2 is 1.62 bits per heavy atom. The van der Waals surface area contributed by atoms with Crippen molar-refractivity contribution >= 4 is 21.6 Å². The summed E-state index contributed by atoms with van der Waals surface area (Å²) in [6.07, 6.45) is 2.29. The van der Waals surface area contributed by atoms with E-state index in [2.05, 4.69) is 19.2 Å². The number of sulfonamides is 1. The van der Waals surface area contributed by atoms with Crippen molar-refractivity contribution < 1.29 is 13.2 Å². The SMILES string of the molecule is CC[C@@H](C(=O)N[C@@H](CC(C)C)c1ccccc1)N(c1ccc(C)cc1)S(C)(=O)=O. The number of nitrogens with zero attached hydrogens (tertiary/aromatic N) is 1. The summed E-state index contributed by atoms with van der Waals surface area (Å²) in [6.45, 7) is 7.98. The van der Waals surface area contributed by atoms with Gasteiger partial charge in [-0.05, 0) is 43.4 Å². The molecule has 29 heavy (non-hydrogen) atoms. The molecule has 0 bridgehead atoms. The molecule has 2 aromatic rings. The van der Waals surface area contributed by atoms with E-state index in [1.807, 2.05) is 56.3 Å². The molecule has 0 spiro atoms. The van der Waals surface area contributed by atoms with Gasteiger partial charge in [-0.3, -0.25) is 9.10 Å². The Labute approximate surface area is 175 Å². The van der Waals surface area contributed by atoms with Crippen LogP contribution >= 0.6 is 0 Å². The molecular weight excluding hydrogens is 384 g/mol. The minimum absolute atomic E-state index is 0.169. The van der Waals surface area contributed by atoms with Crippen molar-refractivity contribution in [1.82, 2.24) is 5.32 Å². The number of carbonyl (C=O) groups is 1. The number of rotatable bonds is 9. The van der Waals surface area contributed by atoms with E-state index in [4.69, 9.17) is 0 Å². The van der Waals surface area contributed by atoms with Crippen LogP contribution in [0.3, 0.4) is 0 Å². The molecule has 2 aromatic carbocycles. The van der Waals surface area contributed by atoms with Gasteiger partial charge in [-0.1, -0.05) is 68.8 Å². The fourth-order valence-corrected chi connectivity index (χ4v) is 4.67. The van der Waals surface area contributed by atoms with Gasteiger partial charge in [-0.15, -0.1) is 0 Å². The van der Waals surface area contributed by atoms with Crippen molar-refractivity contribution in [2.75, 3.05) is 10.6 Å². The first kappa shape index (κ1) is 22.9. The van der Waals surface area contributed by atoms with Gasteiger partial charge in [0.25, 0.3) is 0 Å². The van der Waals surface area contributed by atoms with Crippen LogP contribution in [0.5, 0.6) is 0 Å². The van der Waals surface area contributed by atoms with E-state index in [0.717, 1.165) is 23.8 Å². The van der Waals surface area contributed by atoms with Gasteiger partial charge in [0.15, 0.2) is 0 Å². The second-order valence-electron chi connectivity index (χ2n) is 7.92. The molecule has 2 atom stereocenters. The summed E-state index contributed by atoms with van der Waals surface area (Å²) in [5, 5.41) is 3.10. The molecule has 158 valence electrons. The highest BCUT2D eigenvalue weighted by molar-refractivity contribution is 7.92. The molecule has 6 heteroatoms. The highest BCUT2D eigenvalue weighted by atomic mass is 32.2. The molecule has 1 N–H and O–H groups in total. The highest BCUT2D eigenvalue weighted by Crippen LogP contribution is 2.25. The minimum atomic E-state index is -3.64. The Kier molecular flexibility index (Phi) is 7.85. The van der Waals surface area contributed by atoms with Crippen molar-refractivity contribution in [3.8, 4) is 0 Å². The quantitative estimate of drug-likeness (QED) is 0.657. The zero-order chi connectivity index (χ0) is 21.6. The van der Waals surface area contributed by atoms with E-state index >= 15 is 0 Å². The van der Waals surface area contributed by atoms with Crippen LogP contribution < -0.4 is 9.62 Å². The first-order valence-electron chi connectivity index (χ1n) is 10.0. The first-order chi connectivity index (χ1) is 13.6. The zero-order valence-electron chi connectivity index (χ0n) is 17.9. The van der Waals surface area contributed by atoms with Crippen LogP contribution in [-0.4, -0.2) is 26.6 Å². The summed E-state index contributed by atoms with van der Waals surface area (Å²) in [5.74, 6) is 0.0942. The molecular formula is C23H32N2O3S. The molecule has 5 nitrogen and oxygen atoms in total. The summed E-state index contributed by atoms with van der Waals surface area (Å²) >= 11 is 0. The van der Waals surface area contributed by atoms with Gasteiger partial charge in [0.1, 0.15) is 6.04 Å². The van der Waals surface area contributed by atoms with Crippen LogP contribution in [-0.2, 0) is 14.8 Å². The average Bonchev–Trinajstić information content (AvgIpc) is 2.65. The molecule has 0 heterocycles. The number of hydrogen-bond donors (Lipinski definition) is 1. The van der Waals surface area contributed by atoms with E-state index in [1.54, 1.807) is 12.1 Å². The van der Waals surface area contributed by atoms with Crippen LogP contribution in [0.2, 0.25) is 0 Å². The Bertz CT molecular complexity index is 893. The Hall–Kier alpha value is -2.34. The number of hydrogen-bond acceptors (Lipinski definition) is 3. The van der Waals surface area contributed by atoms with Crippen LogP contribution in [0.1, 0.15) is 50.8 Å². The van der Waals surface area contributed by atoms with Crippen molar-refractivity contribution in [2.24, 2.45) is 5.92 Å². The lowest BCUT2D eigenvalue weighted by Gasteiger charge is -2.32. The third-order valence-corrected chi connectivity index (χ3v) is 6.02. The van der Waals surface area contributed by atoms with Crippen molar-refractivity contribution in [3.05, 3.63) is 65.7 Å². The summed E-state index contributed by atoms with van der Waals surface area (Å²) < 4.78 is 26.4. The monoisotopic (exact) mass is 416 g/mol. The average molecular weight is 417 g/mol. The second kappa shape index (κ2) is 9.92. The fraction of sp³-hybridized carbons (Fsp3) is 0.435. The van der Waals surface area contributed by atoms with Crippen LogP contribution in [0.15, 0.2) is 54.6 Å². The molecule has 0 aromatic heterocycles. The summed E-state index contributed by atoms with van der Waals surface area (Å²) in [5.41, 5.74) is 2.55. The van der Waals surface area contributed by atoms with Gasteiger partial charge in [-0.2, -0.15) is 0 Å². The third-order valence-electron chi connectivity index (χ3n) is 4.84. The molecule has 2 rings (SSSR count). The lowest BCUT2D eigenvalue weighted by molar-refractivity contribution is -0.123. The zero-order valence-corrected chi connectivity index (χ0v) is 18.7. The third kappa shape index (κ3) is 6.32. The Morgan fingerprint density at radius 1 is 1.03 bits per heavy atom. The van der Waals surface area contributed by atoms with Crippen molar-refractivity contribution in [3.63, 3.8) is 0 Å². The molecule has 0 aliphatic carbocycles. The second-order valence-corrected chi connectivity index (χ2v) is 9.78. The molecule has 0 aliphatic rings. The predicted molar refractivity (Wildman–Crippen MR) is 119 cm³/mol. The normalized spacial score (nSPS) is 13.7. The molecule has 0 unspecified atom stereocenters.